The first-order valence-corrected chi connectivity index (χ1v) is 20.4. The normalized spacial score (nSPS) is 11.9. The molecule has 3 aromatic heterocycles. The van der Waals surface area contributed by atoms with Gasteiger partial charge in [0.25, 0.3) is 0 Å². The summed E-state index contributed by atoms with van der Waals surface area (Å²) in [6.07, 6.45) is 3.66. The first kappa shape index (κ1) is 29.3. The van der Waals surface area contributed by atoms with Crippen LogP contribution in [0.5, 0.6) is 0 Å². The second-order valence-electron chi connectivity index (χ2n) is 10.8. The van der Waals surface area contributed by atoms with Gasteiger partial charge >= 0.3 is 99.8 Å². The molecule has 1 radical (unpaired) electrons. The summed E-state index contributed by atoms with van der Waals surface area (Å²) >= 11 is -1.72. The molecular weight excluding hydrogens is 755 g/mol. The molecule has 0 saturated carbocycles. The van der Waals surface area contributed by atoms with Crippen LogP contribution < -0.4 is 4.40 Å². The standard InChI is InChI=1S/C20H14F2NO.C14H16GeN.Ir/c1-11(2)12-6-7-23-17(8-12)14-4-3-5-15-19-16(22)9-13(21)10-18(19)24-20(14)15;1-15(2,3)13-9-10-14(16-11-13)12-7-5-4-6-8-12;/h3,5-11H,1-2H3;4-7,9-11H,1-3H3;/q2*-1;/i11D;;. The molecule has 6 rings (SSSR count). The van der Waals surface area contributed by atoms with Gasteiger partial charge in [0.15, 0.2) is 0 Å². The second-order valence-corrected chi connectivity index (χ2v) is 21.5. The minimum atomic E-state index is -1.72. The van der Waals surface area contributed by atoms with Gasteiger partial charge in [0.05, 0.1) is 5.58 Å². The molecule has 0 spiro atoms. The van der Waals surface area contributed by atoms with Crippen LogP contribution in [0, 0.1) is 23.8 Å². The fourth-order valence-electron chi connectivity index (χ4n) is 4.41. The molecule has 41 heavy (non-hydrogen) atoms. The van der Waals surface area contributed by atoms with E-state index in [9.17, 15) is 8.78 Å². The quantitative estimate of drug-likeness (QED) is 0.132. The Hall–Kier alpha value is -3.19. The number of furan rings is 1. The first-order valence-electron chi connectivity index (χ1n) is 13.5. The molecule has 0 aliphatic heterocycles. The van der Waals surface area contributed by atoms with Gasteiger partial charge in [0, 0.05) is 45.2 Å². The maximum Gasteiger partial charge on any atom is 0 e. The Morgan fingerprint density at radius 1 is 0.902 bits per heavy atom. The number of fused-ring (bicyclic) bond motifs is 3. The fraction of sp³-hybridized carbons (Fsp3) is 0.176. The maximum absolute atomic E-state index is 14.2. The number of aromatic nitrogens is 2. The third-order valence-electron chi connectivity index (χ3n) is 6.66. The Balaban J connectivity index is 0.000000207. The van der Waals surface area contributed by atoms with Gasteiger partial charge in [0.2, 0.25) is 0 Å². The Kier molecular flexibility index (Phi) is 9.13. The van der Waals surface area contributed by atoms with Crippen molar-refractivity contribution in [2.45, 2.75) is 37.0 Å². The Bertz CT molecular complexity index is 1830. The van der Waals surface area contributed by atoms with Crippen LogP contribution in [0.3, 0.4) is 0 Å². The molecule has 3 nitrogen and oxygen atoms in total. The molecule has 0 fully saturated rings. The van der Waals surface area contributed by atoms with Crippen LogP contribution in [-0.4, -0.2) is 23.2 Å². The van der Waals surface area contributed by atoms with Crippen LogP contribution in [-0.2, 0) is 20.1 Å². The predicted molar refractivity (Wildman–Crippen MR) is 161 cm³/mol. The van der Waals surface area contributed by atoms with Crippen LogP contribution in [0.25, 0.3) is 44.5 Å². The topological polar surface area (TPSA) is 38.9 Å². The van der Waals surface area contributed by atoms with Crippen molar-refractivity contribution in [1.29, 1.82) is 0 Å². The van der Waals surface area contributed by atoms with Crippen molar-refractivity contribution in [3.8, 4) is 22.5 Å². The number of halogens is 2. The van der Waals surface area contributed by atoms with E-state index in [4.69, 9.17) is 5.79 Å². The summed E-state index contributed by atoms with van der Waals surface area (Å²) in [7, 11) is 0. The van der Waals surface area contributed by atoms with E-state index in [1.54, 1.807) is 44.3 Å². The zero-order valence-corrected chi connectivity index (χ0v) is 28.0. The zero-order chi connectivity index (χ0) is 29.4. The Labute approximate surface area is 257 Å². The van der Waals surface area contributed by atoms with Crippen LogP contribution in [0.1, 0.15) is 26.7 Å². The minimum Gasteiger partial charge on any atom is 0 e. The van der Waals surface area contributed by atoms with Gasteiger partial charge in [-0.1, -0.05) is 36.4 Å². The summed E-state index contributed by atoms with van der Waals surface area (Å²) in [6, 6.07) is 27.5. The van der Waals surface area contributed by atoms with Crippen molar-refractivity contribution in [2.75, 3.05) is 0 Å². The van der Waals surface area contributed by atoms with Gasteiger partial charge in [0.1, 0.15) is 17.2 Å². The van der Waals surface area contributed by atoms with E-state index in [0.29, 0.717) is 22.2 Å². The third kappa shape index (κ3) is 6.83. The number of rotatable bonds is 4. The molecule has 0 unspecified atom stereocenters. The van der Waals surface area contributed by atoms with Crippen LogP contribution in [0.2, 0.25) is 17.3 Å². The van der Waals surface area contributed by atoms with Crippen LogP contribution in [0.4, 0.5) is 8.78 Å². The molecule has 0 aliphatic rings. The van der Waals surface area contributed by atoms with E-state index in [1.165, 1.54) is 10.5 Å². The van der Waals surface area contributed by atoms with E-state index >= 15 is 0 Å². The Morgan fingerprint density at radius 3 is 2.37 bits per heavy atom. The summed E-state index contributed by atoms with van der Waals surface area (Å²) in [6.45, 7) is 3.57. The van der Waals surface area contributed by atoms with Crippen molar-refractivity contribution in [3.63, 3.8) is 0 Å². The second kappa shape index (κ2) is 12.8. The average molecular weight is 786 g/mol. The molecule has 0 saturated heterocycles. The first-order chi connectivity index (χ1) is 19.4. The van der Waals surface area contributed by atoms with Gasteiger partial charge in [-0.3, -0.25) is 0 Å². The molecule has 211 valence electrons. The van der Waals surface area contributed by atoms with E-state index in [-0.39, 0.29) is 31.1 Å². The van der Waals surface area contributed by atoms with Crippen LogP contribution >= 0.6 is 0 Å². The summed E-state index contributed by atoms with van der Waals surface area (Å²) in [5.74, 6) is 5.00. The third-order valence-corrected chi connectivity index (χ3v) is 10.9. The van der Waals surface area contributed by atoms with Gasteiger partial charge in [-0.15, -0.1) is 18.2 Å². The van der Waals surface area contributed by atoms with Gasteiger partial charge in [-0.2, -0.15) is 0 Å². The van der Waals surface area contributed by atoms with Crippen molar-refractivity contribution < 1.29 is 34.7 Å². The smallest absolute Gasteiger partial charge is 0 e. The van der Waals surface area contributed by atoms with Crippen molar-refractivity contribution >= 4 is 39.6 Å². The van der Waals surface area contributed by atoms with Crippen molar-refractivity contribution in [2.24, 2.45) is 0 Å². The monoisotopic (exact) mass is 788 g/mol. The van der Waals surface area contributed by atoms with Gasteiger partial charge in [-0.05, 0) is 17.7 Å². The van der Waals surface area contributed by atoms with Gasteiger partial charge < -0.3 is 9.40 Å². The molecular formula is C34H30F2GeIrN2O-2. The predicted octanol–water partition coefficient (Wildman–Crippen LogP) is 8.94. The molecule has 0 aliphatic carbocycles. The molecule has 7 heteroatoms. The molecule has 0 atom stereocenters. The molecule has 0 N–H and O–H groups in total. The number of benzene rings is 3. The van der Waals surface area contributed by atoms with Crippen LogP contribution in [0.15, 0.2) is 89.6 Å². The molecule has 0 amide bonds. The van der Waals surface area contributed by atoms with E-state index in [0.717, 1.165) is 22.9 Å². The van der Waals surface area contributed by atoms with Gasteiger partial charge in [-0.25, -0.2) is 8.78 Å². The zero-order valence-electron chi connectivity index (χ0n) is 24.5. The van der Waals surface area contributed by atoms with E-state index in [2.05, 4.69) is 51.5 Å². The SMILES string of the molecule is [2H]C(C)(C)c1ccnc(-c2[c-]ccc3c2oc2cc(F)cc(F)c23)c1.[CH3][Ge]([CH3])([CH3])[c]1ccc(-c2[c-]cccc2)nc1.[Ir]. The summed E-state index contributed by atoms with van der Waals surface area (Å²) in [5.41, 5.74) is 4.53. The molecule has 3 heterocycles. The van der Waals surface area contributed by atoms with Crippen molar-refractivity contribution in [3.05, 3.63) is 115 Å². The minimum absolute atomic E-state index is 0. The Morgan fingerprint density at radius 2 is 1.71 bits per heavy atom. The van der Waals surface area contributed by atoms with E-state index in [1.807, 2.05) is 30.5 Å². The average Bonchev–Trinajstić information content (AvgIpc) is 3.32. The molecule has 0 bridgehead atoms. The summed E-state index contributed by atoms with van der Waals surface area (Å²) < 4.78 is 43.1. The summed E-state index contributed by atoms with van der Waals surface area (Å²) in [4.78, 5) is 8.87. The maximum atomic E-state index is 14.2. The van der Waals surface area contributed by atoms with Crippen molar-refractivity contribution in [1.82, 2.24) is 9.97 Å². The number of nitrogens with zero attached hydrogens (tertiary/aromatic N) is 2. The number of hydrogen-bond donors (Lipinski definition) is 0. The fourth-order valence-corrected chi connectivity index (χ4v) is 6.58. The molecule has 6 aromatic rings. The van der Waals surface area contributed by atoms with E-state index < -0.39 is 30.8 Å². The summed E-state index contributed by atoms with van der Waals surface area (Å²) in [5, 5.41) is 0.780. The number of pyridine rings is 2. The largest absolute Gasteiger partial charge is 0 e. The molecule has 3 aromatic carbocycles. The number of hydrogen-bond acceptors (Lipinski definition) is 3.